The highest BCUT2D eigenvalue weighted by molar-refractivity contribution is 5.96. The number of rotatable bonds is 12. The first-order chi connectivity index (χ1) is 22.1. The number of carboxylic acids is 1. The number of nitrogens with one attached hydrogen (secondary N) is 1. The number of carboxylic acid groups (broad SMARTS) is 1. The molecule has 0 atom stereocenters. The zero-order valence-electron chi connectivity index (χ0n) is 25.8. The molecule has 11 heteroatoms. The molecule has 0 unspecified atom stereocenters. The van der Waals surface area contributed by atoms with E-state index in [0.717, 1.165) is 64.2 Å². The molecule has 3 aromatic carbocycles. The van der Waals surface area contributed by atoms with Gasteiger partial charge in [0.1, 0.15) is 17.4 Å². The molecule has 46 heavy (non-hydrogen) atoms. The number of amides is 2. The standard InChI is InChI=1S/C35H36F2N4O5/c1-22-7-3-11-32(23(22)2)46-16-6-12-33(42)41-15-5-9-27-26(8-4-10-31(27)41)25-19-39-40(20-25)21-28-29(36)17-24(18-30(28)37)35(45)38-14-13-34(43)44/h3-4,7-8,10-11,17-20H,5-6,9,12-16,21H2,1-2H3,(H,38,45)(H,43,44). The number of carbonyl (C=O) groups is 3. The van der Waals surface area contributed by atoms with Crippen molar-refractivity contribution in [2.45, 2.75) is 52.5 Å². The van der Waals surface area contributed by atoms with Crippen molar-refractivity contribution in [3.8, 4) is 16.9 Å². The lowest BCUT2D eigenvalue weighted by atomic mass is 9.93. The molecule has 0 saturated heterocycles. The van der Waals surface area contributed by atoms with Crippen LogP contribution in [0.5, 0.6) is 5.75 Å². The van der Waals surface area contributed by atoms with Crippen LogP contribution in [0.4, 0.5) is 14.5 Å². The van der Waals surface area contributed by atoms with E-state index in [1.165, 1.54) is 4.68 Å². The molecule has 2 N–H and O–H groups in total. The molecule has 0 saturated carbocycles. The maximum atomic E-state index is 14.9. The molecule has 0 bridgehead atoms. The second-order valence-corrected chi connectivity index (χ2v) is 11.3. The summed E-state index contributed by atoms with van der Waals surface area (Å²) in [7, 11) is 0. The van der Waals surface area contributed by atoms with Crippen molar-refractivity contribution in [2.75, 3.05) is 24.6 Å². The van der Waals surface area contributed by atoms with Crippen LogP contribution in [-0.4, -0.2) is 52.4 Å². The summed E-state index contributed by atoms with van der Waals surface area (Å²) in [5.41, 5.74) is 5.27. The van der Waals surface area contributed by atoms with Gasteiger partial charge in [-0.2, -0.15) is 5.10 Å². The van der Waals surface area contributed by atoms with E-state index in [9.17, 15) is 23.2 Å². The highest BCUT2D eigenvalue weighted by Crippen LogP contribution is 2.36. The van der Waals surface area contributed by atoms with Crippen molar-refractivity contribution in [1.82, 2.24) is 15.1 Å². The number of halogens is 2. The number of hydrogen-bond donors (Lipinski definition) is 2. The van der Waals surface area contributed by atoms with E-state index in [4.69, 9.17) is 9.84 Å². The number of nitrogens with zero attached hydrogens (tertiary/aromatic N) is 3. The number of anilines is 1. The predicted molar refractivity (Wildman–Crippen MR) is 169 cm³/mol. The van der Waals surface area contributed by atoms with Gasteiger partial charge in [-0.05, 0) is 79.6 Å². The first-order valence-corrected chi connectivity index (χ1v) is 15.2. The van der Waals surface area contributed by atoms with Gasteiger partial charge in [-0.25, -0.2) is 8.78 Å². The molecule has 1 aliphatic rings. The van der Waals surface area contributed by atoms with Crippen molar-refractivity contribution >= 4 is 23.5 Å². The van der Waals surface area contributed by atoms with Crippen molar-refractivity contribution in [3.63, 3.8) is 0 Å². The lowest BCUT2D eigenvalue weighted by Gasteiger charge is -2.31. The van der Waals surface area contributed by atoms with Crippen molar-refractivity contribution in [3.05, 3.63) is 100 Å². The lowest BCUT2D eigenvalue weighted by molar-refractivity contribution is -0.136. The van der Waals surface area contributed by atoms with Gasteiger partial charge in [-0.3, -0.25) is 19.1 Å². The van der Waals surface area contributed by atoms with Crippen LogP contribution >= 0.6 is 0 Å². The Morgan fingerprint density at radius 3 is 2.57 bits per heavy atom. The molecule has 240 valence electrons. The summed E-state index contributed by atoms with van der Waals surface area (Å²) in [5.74, 6) is -2.82. The molecule has 1 aromatic heterocycles. The number of fused-ring (bicyclic) bond motifs is 1. The number of benzene rings is 3. The van der Waals surface area contributed by atoms with Gasteiger partial charge in [-0.15, -0.1) is 0 Å². The fraction of sp³-hybridized carbons (Fsp3) is 0.314. The Labute approximate surface area is 265 Å². The van der Waals surface area contributed by atoms with Crippen LogP contribution in [0.1, 0.15) is 58.3 Å². The molecule has 5 rings (SSSR count). The van der Waals surface area contributed by atoms with Gasteiger partial charge < -0.3 is 20.1 Å². The molecule has 1 aliphatic heterocycles. The summed E-state index contributed by atoms with van der Waals surface area (Å²) in [4.78, 5) is 38.0. The van der Waals surface area contributed by atoms with Crippen LogP contribution in [0.3, 0.4) is 0 Å². The molecule has 2 amide bonds. The third-order valence-corrected chi connectivity index (χ3v) is 8.19. The first-order valence-electron chi connectivity index (χ1n) is 15.2. The molecule has 9 nitrogen and oxygen atoms in total. The molecule has 0 fully saturated rings. The van der Waals surface area contributed by atoms with Crippen molar-refractivity contribution in [1.29, 1.82) is 0 Å². The summed E-state index contributed by atoms with van der Waals surface area (Å²) < 4.78 is 37.2. The van der Waals surface area contributed by atoms with Crippen LogP contribution in [0.2, 0.25) is 0 Å². The van der Waals surface area contributed by atoms with E-state index < -0.39 is 23.5 Å². The maximum Gasteiger partial charge on any atom is 0.305 e. The fourth-order valence-electron chi connectivity index (χ4n) is 5.60. The van der Waals surface area contributed by atoms with Crippen LogP contribution in [0.15, 0.2) is 60.9 Å². The van der Waals surface area contributed by atoms with Gasteiger partial charge >= 0.3 is 5.97 Å². The van der Waals surface area contributed by atoms with Gasteiger partial charge in [-0.1, -0.05) is 24.3 Å². The van der Waals surface area contributed by atoms with Crippen molar-refractivity contribution in [2.24, 2.45) is 0 Å². The quantitative estimate of drug-likeness (QED) is 0.190. The van der Waals surface area contributed by atoms with E-state index in [2.05, 4.69) is 10.4 Å². The third-order valence-electron chi connectivity index (χ3n) is 8.19. The number of hydrogen-bond acceptors (Lipinski definition) is 5. The SMILES string of the molecule is Cc1cccc(OCCCC(=O)N2CCCc3c(-c4cnn(Cc5c(F)cc(C(=O)NCCC(=O)O)cc5F)c4)cccc32)c1C. The number of ether oxygens (including phenoxy) is 1. The second kappa shape index (κ2) is 14.4. The minimum Gasteiger partial charge on any atom is -0.493 e. The molecular formula is C35H36F2N4O5. The molecule has 2 heterocycles. The van der Waals surface area contributed by atoms with E-state index in [1.54, 1.807) is 12.4 Å². The fourth-order valence-corrected chi connectivity index (χ4v) is 5.60. The summed E-state index contributed by atoms with van der Waals surface area (Å²) in [6.07, 6.45) is 5.54. The average Bonchev–Trinajstić information content (AvgIpc) is 3.50. The minimum absolute atomic E-state index is 0.0309. The predicted octanol–water partition coefficient (Wildman–Crippen LogP) is 5.84. The van der Waals surface area contributed by atoms with Gasteiger partial charge in [0.25, 0.3) is 5.91 Å². The van der Waals surface area contributed by atoms with E-state index in [0.29, 0.717) is 26.0 Å². The largest absolute Gasteiger partial charge is 0.493 e. The third kappa shape index (κ3) is 7.42. The Hall–Kier alpha value is -5.06. The highest BCUT2D eigenvalue weighted by atomic mass is 19.1. The summed E-state index contributed by atoms with van der Waals surface area (Å²) in [6.45, 7) is 4.76. The Bertz CT molecular complexity index is 1750. The Morgan fingerprint density at radius 2 is 1.80 bits per heavy atom. The molecule has 4 aromatic rings. The van der Waals surface area contributed by atoms with Crippen molar-refractivity contribution < 1.29 is 33.0 Å². The maximum absolute atomic E-state index is 14.9. The van der Waals surface area contributed by atoms with Gasteiger partial charge in [0.2, 0.25) is 5.91 Å². The number of aryl methyl sites for hydroxylation is 1. The summed E-state index contributed by atoms with van der Waals surface area (Å²) >= 11 is 0. The Kier molecular flexibility index (Phi) is 10.1. The van der Waals surface area contributed by atoms with Crippen LogP contribution < -0.4 is 15.0 Å². The smallest absolute Gasteiger partial charge is 0.305 e. The van der Waals surface area contributed by atoms with Crippen LogP contribution in [-0.2, 0) is 22.6 Å². The van der Waals surface area contributed by atoms with E-state index in [-0.39, 0.29) is 36.5 Å². The van der Waals surface area contributed by atoms with E-state index >= 15 is 0 Å². The monoisotopic (exact) mass is 630 g/mol. The first kappa shape index (κ1) is 32.3. The number of aliphatic carboxylic acids is 1. The molecule has 0 spiro atoms. The number of aromatic nitrogens is 2. The molecule has 0 aliphatic carbocycles. The number of carbonyl (C=O) groups excluding carboxylic acids is 2. The Balaban J connectivity index is 1.25. The van der Waals surface area contributed by atoms with Gasteiger partial charge in [0.05, 0.1) is 25.8 Å². The zero-order chi connectivity index (χ0) is 32.8. The topological polar surface area (TPSA) is 114 Å². The molecular weight excluding hydrogens is 594 g/mol. The van der Waals surface area contributed by atoms with Crippen LogP contribution in [0, 0.1) is 25.5 Å². The Morgan fingerprint density at radius 1 is 1.04 bits per heavy atom. The highest BCUT2D eigenvalue weighted by Gasteiger charge is 2.25. The second-order valence-electron chi connectivity index (χ2n) is 11.3. The zero-order valence-corrected chi connectivity index (χ0v) is 25.8. The summed E-state index contributed by atoms with van der Waals surface area (Å²) in [6, 6.07) is 13.6. The van der Waals surface area contributed by atoms with E-state index in [1.807, 2.05) is 55.1 Å². The normalized spacial score (nSPS) is 12.5. The molecule has 0 radical (unpaired) electrons. The minimum atomic E-state index is -1.10. The van der Waals surface area contributed by atoms with Gasteiger partial charge in [0, 0.05) is 48.1 Å². The summed E-state index contributed by atoms with van der Waals surface area (Å²) in [5, 5.41) is 15.4. The van der Waals surface area contributed by atoms with Gasteiger partial charge in [0.15, 0.2) is 0 Å². The lowest BCUT2D eigenvalue weighted by Crippen LogP contribution is -2.35. The average molecular weight is 631 g/mol. The van der Waals surface area contributed by atoms with Crippen LogP contribution in [0.25, 0.3) is 11.1 Å².